The fourth-order valence-electron chi connectivity index (χ4n) is 3.56. The molecule has 0 saturated carbocycles. The lowest BCUT2D eigenvalue weighted by Crippen LogP contribution is -2.69. The standard InChI is InChI=1S/C19H25N3O3/c1-13(2)10-16(24)20-17(14-6-4-3-5-7-14)18(25)22-11-19(12-22)9-8-15(23)21-19/h3-7,13,17H,8-12H2,1-2H3,(H,20,24)(H,21,23). The van der Waals surface area contributed by atoms with Crippen LogP contribution < -0.4 is 10.6 Å². The Morgan fingerprint density at radius 1 is 1.24 bits per heavy atom. The van der Waals surface area contributed by atoms with Crippen LogP contribution >= 0.6 is 0 Å². The van der Waals surface area contributed by atoms with Gasteiger partial charge in [0.15, 0.2) is 0 Å². The molecule has 2 aliphatic heterocycles. The first-order chi connectivity index (χ1) is 11.9. The molecular weight excluding hydrogens is 318 g/mol. The van der Waals surface area contributed by atoms with Crippen molar-refractivity contribution >= 4 is 17.7 Å². The van der Waals surface area contributed by atoms with Crippen LogP contribution in [0, 0.1) is 5.92 Å². The maximum absolute atomic E-state index is 13.0. The molecule has 1 aromatic rings. The number of carbonyl (C=O) groups is 3. The van der Waals surface area contributed by atoms with Crippen molar-refractivity contribution in [3.8, 4) is 0 Å². The summed E-state index contributed by atoms with van der Waals surface area (Å²) in [6, 6.07) is 8.63. The van der Waals surface area contributed by atoms with Gasteiger partial charge in [-0.2, -0.15) is 0 Å². The number of nitrogens with zero attached hydrogens (tertiary/aromatic N) is 1. The maximum atomic E-state index is 13.0. The summed E-state index contributed by atoms with van der Waals surface area (Å²) in [5, 5.41) is 5.86. The highest BCUT2D eigenvalue weighted by atomic mass is 16.2. The Hall–Kier alpha value is -2.37. The van der Waals surface area contributed by atoms with E-state index in [4.69, 9.17) is 0 Å². The monoisotopic (exact) mass is 343 g/mol. The van der Waals surface area contributed by atoms with Gasteiger partial charge in [0.1, 0.15) is 6.04 Å². The van der Waals surface area contributed by atoms with Crippen molar-refractivity contribution in [3.63, 3.8) is 0 Å². The number of carbonyl (C=O) groups excluding carboxylic acids is 3. The van der Waals surface area contributed by atoms with Crippen LogP contribution in [0.1, 0.15) is 44.7 Å². The van der Waals surface area contributed by atoms with E-state index in [-0.39, 0.29) is 29.2 Å². The lowest BCUT2D eigenvalue weighted by molar-refractivity contribution is -0.144. The number of rotatable bonds is 5. The molecule has 2 aliphatic rings. The highest BCUT2D eigenvalue weighted by Gasteiger charge is 2.50. The Kier molecular flexibility index (Phi) is 4.79. The molecule has 2 heterocycles. The van der Waals surface area contributed by atoms with E-state index in [0.29, 0.717) is 25.9 Å². The number of benzene rings is 1. The van der Waals surface area contributed by atoms with Crippen LogP contribution in [-0.4, -0.2) is 41.2 Å². The Balaban J connectivity index is 1.70. The van der Waals surface area contributed by atoms with Gasteiger partial charge in [0.2, 0.25) is 17.7 Å². The third-order valence-electron chi connectivity index (χ3n) is 4.81. The number of hydrogen-bond donors (Lipinski definition) is 2. The molecule has 1 aromatic carbocycles. The fourth-order valence-corrected chi connectivity index (χ4v) is 3.56. The largest absolute Gasteiger partial charge is 0.347 e. The first-order valence-electron chi connectivity index (χ1n) is 8.83. The number of amides is 3. The molecule has 2 N–H and O–H groups in total. The summed E-state index contributed by atoms with van der Waals surface area (Å²) in [6.07, 6.45) is 1.68. The molecule has 0 aliphatic carbocycles. The molecule has 6 nitrogen and oxygen atoms in total. The van der Waals surface area contributed by atoms with Crippen LogP contribution in [0.15, 0.2) is 30.3 Å². The van der Waals surface area contributed by atoms with Gasteiger partial charge in [0.05, 0.1) is 5.54 Å². The normalized spacial score (nSPS) is 19.5. The molecule has 3 amide bonds. The molecule has 134 valence electrons. The van der Waals surface area contributed by atoms with Crippen molar-refractivity contribution in [2.45, 2.75) is 44.7 Å². The van der Waals surface area contributed by atoms with E-state index in [9.17, 15) is 14.4 Å². The van der Waals surface area contributed by atoms with E-state index in [0.717, 1.165) is 12.0 Å². The van der Waals surface area contributed by atoms with Crippen molar-refractivity contribution in [3.05, 3.63) is 35.9 Å². The minimum atomic E-state index is -0.679. The molecule has 0 radical (unpaired) electrons. The van der Waals surface area contributed by atoms with Gasteiger partial charge in [0, 0.05) is 25.9 Å². The summed E-state index contributed by atoms with van der Waals surface area (Å²) in [7, 11) is 0. The Bertz CT molecular complexity index is 666. The first kappa shape index (κ1) is 17.5. The average molecular weight is 343 g/mol. The lowest BCUT2D eigenvalue weighted by Gasteiger charge is -2.48. The Morgan fingerprint density at radius 3 is 2.48 bits per heavy atom. The summed E-state index contributed by atoms with van der Waals surface area (Å²) in [6.45, 7) is 4.98. The fraction of sp³-hybridized carbons (Fsp3) is 0.526. The van der Waals surface area contributed by atoms with Crippen molar-refractivity contribution in [1.82, 2.24) is 15.5 Å². The van der Waals surface area contributed by atoms with E-state index in [1.165, 1.54) is 0 Å². The van der Waals surface area contributed by atoms with Gasteiger partial charge in [-0.3, -0.25) is 14.4 Å². The molecule has 1 unspecified atom stereocenters. The molecule has 2 fully saturated rings. The quantitative estimate of drug-likeness (QED) is 0.848. The highest BCUT2D eigenvalue weighted by molar-refractivity contribution is 5.90. The molecule has 0 bridgehead atoms. The number of nitrogens with one attached hydrogen (secondary N) is 2. The van der Waals surface area contributed by atoms with Crippen molar-refractivity contribution in [2.75, 3.05) is 13.1 Å². The molecule has 0 aromatic heterocycles. The van der Waals surface area contributed by atoms with Gasteiger partial charge in [-0.25, -0.2) is 0 Å². The minimum Gasteiger partial charge on any atom is -0.347 e. The number of likely N-dealkylation sites (tertiary alicyclic amines) is 1. The van der Waals surface area contributed by atoms with Gasteiger partial charge < -0.3 is 15.5 Å². The van der Waals surface area contributed by atoms with E-state index in [1.54, 1.807) is 4.90 Å². The van der Waals surface area contributed by atoms with Gasteiger partial charge in [-0.15, -0.1) is 0 Å². The van der Waals surface area contributed by atoms with Gasteiger partial charge in [0.25, 0.3) is 0 Å². The van der Waals surface area contributed by atoms with Gasteiger partial charge in [-0.05, 0) is 17.9 Å². The summed E-state index contributed by atoms with van der Waals surface area (Å²) in [5.41, 5.74) is 0.525. The molecule has 2 saturated heterocycles. The zero-order valence-electron chi connectivity index (χ0n) is 14.7. The van der Waals surface area contributed by atoms with Crippen LogP contribution in [0.4, 0.5) is 0 Å². The van der Waals surface area contributed by atoms with E-state index in [2.05, 4.69) is 10.6 Å². The minimum absolute atomic E-state index is 0.0527. The molecule has 25 heavy (non-hydrogen) atoms. The van der Waals surface area contributed by atoms with Crippen LogP contribution in [0.25, 0.3) is 0 Å². The van der Waals surface area contributed by atoms with Gasteiger partial charge >= 0.3 is 0 Å². The molecule has 1 spiro atoms. The zero-order chi connectivity index (χ0) is 18.0. The van der Waals surface area contributed by atoms with Crippen LogP contribution in [0.5, 0.6) is 0 Å². The van der Waals surface area contributed by atoms with Crippen molar-refractivity contribution < 1.29 is 14.4 Å². The molecule has 1 atom stereocenters. The molecular formula is C19H25N3O3. The molecule has 3 rings (SSSR count). The second-order valence-corrected chi connectivity index (χ2v) is 7.53. The second-order valence-electron chi connectivity index (χ2n) is 7.53. The smallest absolute Gasteiger partial charge is 0.249 e. The Labute approximate surface area is 148 Å². The van der Waals surface area contributed by atoms with Crippen LogP contribution in [0.2, 0.25) is 0 Å². The molecule has 6 heteroatoms. The van der Waals surface area contributed by atoms with E-state index < -0.39 is 6.04 Å². The van der Waals surface area contributed by atoms with E-state index in [1.807, 2.05) is 44.2 Å². The van der Waals surface area contributed by atoms with E-state index >= 15 is 0 Å². The predicted octanol–water partition coefficient (Wildman–Crippen LogP) is 1.38. The maximum Gasteiger partial charge on any atom is 0.249 e. The van der Waals surface area contributed by atoms with Crippen LogP contribution in [0.3, 0.4) is 0 Å². The SMILES string of the molecule is CC(C)CC(=O)NC(C(=O)N1CC2(CCC(=O)N2)C1)c1ccccc1. The third kappa shape index (κ3) is 3.83. The number of hydrogen-bond acceptors (Lipinski definition) is 3. The Morgan fingerprint density at radius 2 is 1.92 bits per heavy atom. The van der Waals surface area contributed by atoms with Crippen LogP contribution in [-0.2, 0) is 14.4 Å². The average Bonchev–Trinajstić information content (AvgIpc) is 2.93. The lowest BCUT2D eigenvalue weighted by atomic mass is 9.87. The van der Waals surface area contributed by atoms with Crippen molar-refractivity contribution in [1.29, 1.82) is 0 Å². The topological polar surface area (TPSA) is 78.5 Å². The summed E-state index contributed by atoms with van der Waals surface area (Å²) >= 11 is 0. The summed E-state index contributed by atoms with van der Waals surface area (Å²) in [5.74, 6) is 0.0427. The predicted molar refractivity (Wildman–Crippen MR) is 93.5 cm³/mol. The third-order valence-corrected chi connectivity index (χ3v) is 4.81. The van der Waals surface area contributed by atoms with Gasteiger partial charge in [-0.1, -0.05) is 44.2 Å². The summed E-state index contributed by atoms with van der Waals surface area (Å²) in [4.78, 5) is 38.4. The summed E-state index contributed by atoms with van der Waals surface area (Å²) < 4.78 is 0. The first-order valence-corrected chi connectivity index (χ1v) is 8.83. The zero-order valence-corrected chi connectivity index (χ0v) is 14.7. The second kappa shape index (κ2) is 6.86. The highest BCUT2D eigenvalue weighted by Crippen LogP contribution is 2.32. The van der Waals surface area contributed by atoms with Crippen molar-refractivity contribution in [2.24, 2.45) is 5.92 Å².